The Morgan fingerprint density at radius 2 is 2.35 bits per heavy atom. The minimum absolute atomic E-state index is 0. The van der Waals surface area contributed by atoms with Crippen molar-refractivity contribution in [2.24, 2.45) is 5.73 Å². The molecular formula is C11H16BrClN2OS. The second kappa shape index (κ2) is 6.18. The van der Waals surface area contributed by atoms with E-state index in [0.717, 1.165) is 16.6 Å². The van der Waals surface area contributed by atoms with Crippen LogP contribution in [0.5, 0.6) is 0 Å². The lowest BCUT2D eigenvalue weighted by molar-refractivity contribution is -0.133. The van der Waals surface area contributed by atoms with Gasteiger partial charge in [-0.1, -0.05) is 0 Å². The zero-order valence-corrected chi connectivity index (χ0v) is 12.8. The first-order chi connectivity index (χ1) is 7.58. The number of carbonyl (C=O) groups excluding carboxylic acids is 1. The monoisotopic (exact) mass is 338 g/mol. The van der Waals surface area contributed by atoms with Gasteiger partial charge >= 0.3 is 0 Å². The number of rotatable bonds is 4. The molecule has 1 heterocycles. The lowest BCUT2D eigenvalue weighted by atomic mass is 10.2. The van der Waals surface area contributed by atoms with Crippen molar-refractivity contribution in [3.8, 4) is 0 Å². The van der Waals surface area contributed by atoms with Crippen LogP contribution in [0.1, 0.15) is 25.3 Å². The second-order valence-corrected chi connectivity index (χ2v) is 6.54. The van der Waals surface area contributed by atoms with Gasteiger partial charge in [-0.2, -0.15) is 0 Å². The highest BCUT2D eigenvalue weighted by Crippen LogP contribution is 2.30. The summed E-state index contributed by atoms with van der Waals surface area (Å²) in [5.74, 6) is 0.0600. The van der Waals surface area contributed by atoms with Gasteiger partial charge in [0.25, 0.3) is 0 Å². The first kappa shape index (κ1) is 15.0. The number of thiophene rings is 1. The smallest absolute Gasteiger partial charge is 0.239 e. The third-order valence-corrected chi connectivity index (χ3v) is 4.19. The maximum absolute atomic E-state index is 11.9. The van der Waals surface area contributed by atoms with E-state index in [0.29, 0.717) is 12.6 Å². The number of nitrogens with zero attached hydrogens (tertiary/aromatic N) is 1. The molecule has 1 saturated carbocycles. The van der Waals surface area contributed by atoms with Crippen LogP contribution in [0.3, 0.4) is 0 Å². The molecule has 2 N–H and O–H groups in total. The zero-order chi connectivity index (χ0) is 11.7. The molecule has 0 saturated heterocycles. The van der Waals surface area contributed by atoms with Crippen LogP contribution in [0.15, 0.2) is 15.2 Å². The number of nitrogens with two attached hydrogens (primary N) is 1. The summed E-state index contributed by atoms with van der Waals surface area (Å²) in [6.45, 7) is 2.44. The summed E-state index contributed by atoms with van der Waals surface area (Å²) < 4.78 is 1.10. The van der Waals surface area contributed by atoms with Gasteiger partial charge in [0.2, 0.25) is 5.91 Å². The predicted molar refractivity (Wildman–Crippen MR) is 76.5 cm³/mol. The third-order valence-electron chi connectivity index (χ3n) is 2.63. The lowest BCUT2D eigenvalue weighted by Crippen LogP contribution is -2.42. The van der Waals surface area contributed by atoms with Gasteiger partial charge in [0.05, 0.1) is 9.83 Å². The van der Waals surface area contributed by atoms with Crippen LogP contribution in [0.4, 0.5) is 0 Å². The molecule has 1 unspecified atom stereocenters. The maximum atomic E-state index is 11.9. The summed E-state index contributed by atoms with van der Waals surface area (Å²) >= 11 is 5.08. The Bertz CT molecular complexity index is 393. The minimum Gasteiger partial charge on any atom is -0.334 e. The molecule has 3 nitrogen and oxygen atoms in total. The third kappa shape index (κ3) is 3.95. The van der Waals surface area contributed by atoms with Crippen molar-refractivity contribution < 1.29 is 4.79 Å². The predicted octanol–water partition coefficient (Wildman–Crippen LogP) is 2.77. The van der Waals surface area contributed by atoms with E-state index in [-0.39, 0.29) is 18.3 Å². The molecule has 0 spiro atoms. The van der Waals surface area contributed by atoms with Gasteiger partial charge in [0, 0.05) is 12.6 Å². The molecule has 0 aliphatic heterocycles. The van der Waals surface area contributed by atoms with E-state index in [1.165, 1.54) is 5.56 Å². The van der Waals surface area contributed by atoms with Crippen molar-refractivity contribution in [2.75, 3.05) is 0 Å². The van der Waals surface area contributed by atoms with Crippen LogP contribution in [0.2, 0.25) is 0 Å². The molecular weight excluding hydrogens is 324 g/mol. The molecule has 1 amide bonds. The van der Waals surface area contributed by atoms with Crippen molar-refractivity contribution in [2.45, 2.75) is 38.4 Å². The molecule has 0 aromatic carbocycles. The van der Waals surface area contributed by atoms with Crippen LogP contribution in [-0.2, 0) is 11.3 Å². The first-order valence-electron chi connectivity index (χ1n) is 5.37. The Kier molecular flexibility index (Phi) is 5.44. The zero-order valence-electron chi connectivity index (χ0n) is 9.56. The minimum atomic E-state index is -0.400. The van der Waals surface area contributed by atoms with E-state index in [1.807, 2.05) is 4.90 Å². The number of hydrogen-bond acceptors (Lipinski definition) is 3. The van der Waals surface area contributed by atoms with Crippen LogP contribution < -0.4 is 5.73 Å². The van der Waals surface area contributed by atoms with E-state index in [2.05, 4.69) is 27.4 Å². The largest absolute Gasteiger partial charge is 0.334 e. The van der Waals surface area contributed by atoms with Crippen molar-refractivity contribution in [3.63, 3.8) is 0 Å². The fourth-order valence-corrected chi connectivity index (χ4v) is 2.86. The van der Waals surface area contributed by atoms with Crippen LogP contribution in [0, 0.1) is 0 Å². The Hall–Kier alpha value is -0.100. The highest BCUT2D eigenvalue weighted by atomic mass is 79.9. The SMILES string of the molecule is CC(N)C(=O)N(Cc1csc(Br)c1)C1CC1.Cl. The van der Waals surface area contributed by atoms with E-state index in [4.69, 9.17) is 5.73 Å². The number of carbonyl (C=O) groups is 1. The standard InChI is InChI=1S/C11H15BrN2OS.ClH/c1-7(13)11(15)14(9-2-3-9)5-8-4-10(12)16-6-8;/h4,6-7,9H,2-3,5,13H2,1H3;1H. The van der Waals surface area contributed by atoms with Crippen LogP contribution in [0.25, 0.3) is 0 Å². The number of hydrogen-bond donors (Lipinski definition) is 1. The fraction of sp³-hybridized carbons (Fsp3) is 0.545. The molecule has 0 bridgehead atoms. The van der Waals surface area contributed by atoms with Gasteiger partial charge in [-0.15, -0.1) is 23.7 Å². The molecule has 1 aromatic rings. The highest BCUT2D eigenvalue weighted by molar-refractivity contribution is 9.11. The van der Waals surface area contributed by atoms with Gasteiger partial charge < -0.3 is 10.6 Å². The molecule has 0 radical (unpaired) electrons. The van der Waals surface area contributed by atoms with Crippen LogP contribution >= 0.6 is 39.7 Å². The van der Waals surface area contributed by atoms with Gasteiger partial charge in [-0.05, 0) is 52.7 Å². The van der Waals surface area contributed by atoms with Crippen molar-refractivity contribution in [1.82, 2.24) is 4.90 Å². The van der Waals surface area contributed by atoms with Crippen molar-refractivity contribution in [3.05, 3.63) is 20.8 Å². The highest BCUT2D eigenvalue weighted by Gasteiger charge is 2.33. The summed E-state index contributed by atoms with van der Waals surface area (Å²) in [6, 6.07) is 2.08. The maximum Gasteiger partial charge on any atom is 0.239 e. The average molecular weight is 340 g/mol. The Morgan fingerprint density at radius 3 is 2.76 bits per heavy atom. The van der Waals surface area contributed by atoms with Crippen molar-refractivity contribution in [1.29, 1.82) is 0 Å². The second-order valence-electron chi connectivity index (χ2n) is 4.25. The van der Waals surface area contributed by atoms with E-state index >= 15 is 0 Å². The summed E-state index contributed by atoms with van der Waals surface area (Å²) in [6.07, 6.45) is 2.23. The quantitative estimate of drug-likeness (QED) is 0.917. The Labute approximate surface area is 120 Å². The molecule has 1 aliphatic rings. The topological polar surface area (TPSA) is 46.3 Å². The number of amides is 1. The molecule has 1 aromatic heterocycles. The normalized spacial score (nSPS) is 16.2. The molecule has 96 valence electrons. The van der Waals surface area contributed by atoms with E-state index < -0.39 is 6.04 Å². The summed E-state index contributed by atoms with van der Waals surface area (Å²) in [4.78, 5) is 13.8. The number of halogens is 2. The lowest BCUT2D eigenvalue weighted by Gasteiger charge is -2.23. The fourth-order valence-electron chi connectivity index (χ4n) is 1.66. The average Bonchev–Trinajstić information content (AvgIpc) is 2.98. The van der Waals surface area contributed by atoms with E-state index in [1.54, 1.807) is 18.3 Å². The Balaban J connectivity index is 0.00000144. The molecule has 1 fully saturated rings. The molecule has 1 atom stereocenters. The molecule has 2 rings (SSSR count). The van der Waals surface area contributed by atoms with Crippen LogP contribution in [-0.4, -0.2) is 22.9 Å². The Morgan fingerprint density at radius 1 is 1.71 bits per heavy atom. The van der Waals surface area contributed by atoms with Gasteiger partial charge in [0.15, 0.2) is 0 Å². The van der Waals surface area contributed by atoms with Gasteiger partial charge in [0.1, 0.15) is 0 Å². The molecule has 17 heavy (non-hydrogen) atoms. The molecule has 1 aliphatic carbocycles. The van der Waals surface area contributed by atoms with Gasteiger partial charge in [-0.25, -0.2) is 0 Å². The summed E-state index contributed by atoms with van der Waals surface area (Å²) in [7, 11) is 0. The van der Waals surface area contributed by atoms with E-state index in [9.17, 15) is 4.79 Å². The van der Waals surface area contributed by atoms with Gasteiger partial charge in [-0.3, -0.25) is 4.79 Å². The molecule has 6 heteroatoms. The summed E-state index contributed by atoms with van der Waals surface area (Å²) in [5.41, 5.74) is 6.84. The van der Waals surface area contributed by atoms with Crippen molar-refractivity contribution >= 4 is 45.6 Å². The summed E-state index contributed by atoms with van der Waals surface area (Å²) in [5, 5.41) is 2.08. The first-order valence-corrected chi connectivity index (χ1v) is 7.04.